The molecular formula is C4H5NO3S2. The topological polar surface area (TPSA) is 46.6 Å². The van der Waals surface area contributed by atoms with E-state index < -0.39 is 12.1 Å². The first kappa shape index (κ1) is 9.38. The molecule has 0 spiro atoms. The molecule has 0 aliphatic rings. The lowest BCUT2D eigenvalue weighted by Gasteiger charge is -2.03. The van der Waals surface area contributed by atoms with Gasteiger partial charge in [-0.05, 0) is 25.6 Å². The molecule has 0 atom stereocenters. The van der Waals surface area contributed by atoms with Crippen LogP contribution in [-0.2, 0) is 9.53 Å². The summed E-state index contributed by atoms with van der Waals surface area (Å²) >= 11 is 6.89. The van der Waals surface area contributed by atoms with Gasteiger partial charge in [0.05, 0.1) is 0 Å². The summed E-state index contributed by atoms with van der Waals surface area (Å²) in [7, 11) is 0. The third kappa shape index (κ3) is 3.41. The van der Waals surface area contributed by atoms with Crippen molar-refractivity contribution < 1.29 is 14.3 Å². The molecule has 0 radical (unpaired) electrons. The second-order valence-corrected chi connectivity index (χ2v) is 2.30. The molecule has 0 aliphatic carbocycles. The van der Waals surface area contributed by atoms with E-state index in [1.54, 1.807) is 0 Å². The van der Waals surface area contributed by atoms with E-state index in [9.17, 15) is 9.59 Å². The molecule has 0 bridgehead atoms. The zero-order chi connectivity index (χ0) is 8.15. The molecule has 0 aromatic rings. The first-order valence-electron chi connectivity index (χ1n) is 2.14. The molecule has 0 rings (SSSR count). The predicted molar refractivity (Wildman–Crippen MR) is 41.5 cm³/mol. The number of hydrogen-bond acceptors (Lipinski definition) is 5. The van der Waals surface area contributed by atoms with Crippen molar-refractivity contribution in [2.24, 2.45) is 0 Å². The summed E-state index contributed by atoms with van der Waals surface area (Å²) in [6.07, 6.45) is -0.0975. The van der Waals surface area contributed by atoms with Crippen LogP contribution in [0.4, 0.5) is 4.79 Å². The average molecular weight is 179 g/mol. The van der Waals surface area contributed by atoms with Gasteiger partial charge >= 0.3 is 12.1 Å². The molecule has 0 N–H and O–H groups in total. The van der Waals surface area contributed by atoms with Crippen LogP contribution in [0.25, 0.3) is 0 Å². The number of rotatable bonds is 1. The number of ether oxygens (including phenoxy) is 1. The molecule has 6 heteroatoms. The van der Waals surface area contributed by atoms with Crippen molar-refractivity contribution in [2.75, 3.05) is 0 Å². The Kier molecular flexibility index (Phi) is 3.97. The van der Waals surface area contributed by atoms with Crippen molar-refractivity contribution in [2.45, 2.75) is 0 Å². The summed E-state index contributed by atoms with van der Waals surface area (Å²) in [5.41, 5.74) is 0. The summed E-state index contributed by atoms with van der Waals surface area (Å²) in [6.45, 7) is 3.08. The molecule has 0 heterocycles. The molecule has 0 saturated heterocycles. The first-order valence-corrected chi connectivity index (χ1v) is 2.94. The second kappa shape index (κ2) is 4.24. The summed E-state index contributed by atoms with van der Waals surface area (Å²) in [5, 5.41) is 0. The van der Waals surface area contributed by atoms with Crippen molar-refractivity contribution in [3.8, 4) is 0 Å². The number of amides is 1. The lowest BCUT2D eigenvalue weighted by molar-refractivity contribution is -0.131. The van der Waals surface area contributed by atoms with Gasteiger partial charge in [-0.25, -0.2) is 9.59 Å². The SMILES string of the molecule is C=CC(=O)OC(=O)N(S)S. The predicted octanol–water partition coefficient (Wildman–Crippen LogP) is 0.827. The van der Waals surface area contributed by atoms with Gasteiger partial charge in [-0.15, -0.1) is 0 Å². The summed E-state index contributed by atoms with van der Waals surface area (Å²) < 4.78 is 4.58. The van der Waals surface area contributed by atoms with Crippen molar-refractivity contribution in [3.63, 3.8) is 0 Å². The van der Waals surface area contributed by atoms with Gasteiger partial charge in [0.25, 0.3) is 0 Å². The molecule has 1 amide bonds. The normalized spacial score (nSPS) is 8.20. The Bertz CT molecular complexity index is 168. The van der Waals surface area contributed by atoms with Crippen LogP contribution in [0.3, 0.4) is 0 Å². The Morgan fingerprint density at radius 2 is 2.00 bits per heavy atom. The van der Waals surface area contributed by atoms with E-state index in [1.807, 2.05) is 0 Å². The number of thiol groups is 2. The minimum Gasteiger partial charge on any atom is -0.372 e. The van der Waals surface area contributed by atoms with Gasteiger partial charge in [-0.3, -0.25) is 0 Å². The fourth-order valence-corrected chi connectivity index (χ4v) is 0.250. The molecule has 0 unspecified atom stereocenters. The number of nitrogens with zero attached hydrogens (tertiary/aromatic N) is 1. The average Bonchev–Trinajstić information content (AvgIpc) is 1.87. The maximum atomic E-state index is 10.4. The number of hydrogen-bond donors (Lipinski definition) is 2. The van der Waals surface area contributed by atoms with Crippen LogP contribution < -0.4 is 0 Å². The molecule has 0 aromatic heterocycles. The molecule has 56 valence electrons. The van der Waals surface area contributed by atoms with Crippen molar-refractivity contribution in [1.82, 2.24) is 3.71 Å². The van der Waals surface area contributed by atoms with E-state index in [4.69, 9.17) is 0 Å². The fourth-order valence-electron chi connectivity index (χ4n) is 0.169. The van der Waals surface area contributed by atoms with E-state index in [0.717, 1.165) is 6.08 Å². The van der Waals surface area contributed by atoms with E-state index in [1.165, 1.54) is 0 Å². The zero-order valence-electron chi connectivity index (χ0n) is 4.85. The Hall–Kier alpha value is -0.620. The lowest BCUT2D eigenvalue weighted by Crippen LogP contribution is -2.16. The monoisotopic (exact) mass is 179 g/mol. The van der Waals surface area contributed by atoms with Crippen molar-refractivity contribution in [1.29, 1.82) is 0 Å². The largest absolute Gasteiger partial charge is 0.437 e. The molecule has 0 aliphatic heterocycles. The van der Waals surface area contributed by atoms with Gasteiger partial charge in [0.15, 0.2) is 0 Å². The van der Waals surface area contributed by atoms with Gasteiger partial charge < -0.3 is 4.74 Å². The van der Waals surface area contributed by atoms with Crippen LogP contribution in [0.15, 0.2) is 12.7 Å². The van der Waals surface area contributed by atoms with E-state index in [-0.39, 0.29) is 0 Å². The molecule has 4 nitrogen and oxygen atoms in total. The van der Waals surface area contributed by atoms with Gasteiger partial charge in [0.1, 0.15) is 0 Å². The van der Waals surface area contributed by atoms with Gasteiger partial charge in [-0.2, -0.15) is 3.71 Å². The fraction of sp³-hybridized carbons (Fsp3) is 0. The van der Waals surface area contributed by atoms with Crippen LogP contribution >= 0.6 is 25.6 Å². The summed E-state index contributed by atoms with van der Waals surface area (Å²) in [4.78, 5) is 20.7. The number of esters is 1. The molecular weight excluding hydrogens is 174 g/mol. The number of carbonyl (C=O) groups is 2. The van der Waals surface area contributed by atoms with E-state index >= 15 is 0 Å². The summed E-state index contributed by atoms with van der Waals surface area (Å²) in [6, 6.07) is 0. The minimum atomic E-state index is -0.962. The molecule has 0 aromatic carbocycles. The summed E-state index contributed by atoms with van der Waals surface area (Å²) in [5.74, 6) is -0.835. The number of carbonyl (C=O) groups excluding carboxylic acids is 2. The van der Waals surface area contributed by atoms with Crippen LogP contribution in [0.2, 0.25) is 0 Å². The molecule has 0 saturated carbocycles. The minimum absolute atomic E-state index is 0.543. The van der Waals surface area contributed by atoms with Crippen LogP contribution in [0.1, 0.15) is 0 Å². The van der Waals surface area contributed by atoms with E-state index in [0.29, 0.717) is 3.71 Å². The van der Waals surface area contributed by atoms with Crippen molar-refractivity contribution in [3.05, 3.63) is 12.7 Å². The Morgan fingerprint density at radius 3 is 2.30 bits per heavy atom. The lowest BCUT2D eigenvalue weighted by atomic mass is 10.7. The zero-order valence-corrected chi connectivity index (χ0v) is 6.64. The van der Waals surface area contributed by atoms with Gasteiger partial charge in [-0.1, -0.05) is 6.58 Å². The highest BCUT2D eigenvalue weighted by molar-refractivity contribution is 7.94. The van der Waals surface area contributed by atoms with Crippen LogP contribution in [0.5, 0.6) is 0 Å². The Balaban J connectivity index is 3.80. The van der Waals surface area contributed by atoms with Crippen molar-refractivity contribution >= 4 is 37.7 Å². The standard InChI is InChI=1S/C4H5NO3S2/c1-2-3(6)8-4(7)5(9)10/h2,9-10H,1H2. The van der Waals surface area contributed by atoms with Crippen LogP contribution in [0, 0.1) is 0 Å². The highest BCUT2D eigenvalue weighted by Crippen LogP contribution is 2.00. The Labute approximate surface area is 68.9 Å². The van der Waals surface area contributed by atoms with Gasteiger partial charge in [0, 0.05) is 6.08 Å². The Morgan fingerprint density at radius 1 is 1.50 bits per heavy atom. The third-order valence-corrected chi connectivity index (χ3v) is 0.844. The van der Waals surface area contributed by atoms with Gasteiger partial charge in [0.2, 0.25) is 0 Å². The van der Waals surface area contributed by atoms with Crippen LogP contribution in [-0.4, -0.2) is 15.8 Å². The third-order valence-electron chi connectivity index (χ3n) is 0.518. The quantitative estimate of drug-likeness (QED) is 0.271. The first-order chi connectivity index (χ1) is 4.57. The second-order valence-electron chi connectivity index (χ2n) is 1.18. The maximum absolute atomic E-state index is 10.4. The molecule has 0 fully saturated rings. The van der Waals surface area contributed by atoms with E-state index in [2.05, 4.69) is 36.9 Å². The molecule has 10 heavy (non-hydrogen) atoms. The highest BCUT2D eigenvalue weighted by Gasteiger charge is 2.09. The highest BCUT2D eigenvalue weighted by atomic mass is 32.2. The smallest absolute Gasteiger partial charge is 0.372 e. The maximum Gasteiger partial charge on any atom is 0.437 e.